The molecule has 1 aliphatic heterocycles. The molecule has 2 heterocycles. The molecule has 2 aromatic rings. The van der Waals surface area contributed by atoms with Crippen LogP contribution in [0.1, 0.15) is 12.2 Å². The second-order valence-electron chi connectivity index (χ2n) is 6.29. The lowest BCUT2D eigenvalue weighted by Crippen LogP contribution is -2.55. The third kappa shape index (κ3) is 4.36. The summed E-state index contributed by atoms with van der Waals surface area (Å²) < 4.78 is 10.7. The van der Waals surface area contributed by atoms with E-state index in [1.807, 2.05) is 36.4 Å². The Morgan fingerprint density at radius 1 is 1.31 bits per heavy atom. The molecule has 140 valence electrons. The molecule has 2 amide bonds. The van der Waals surface area contributed by atoms with Gasteiger partial charge in [0.15, 0.2) is 0 Å². The Balaban J connectivity index is 1.63. The zero-order valence-electron chi connectivity index (χ0n) is 14.9. The van der Waals surface area contributed by atoms with Gasteiger partial charge in [-0.3, -0.25) is 4.90 Å². The van der Waals surface area contributed by atoms with Crippen molar-refractivity contribution in [3.8, 4) is 5.75 Å². The molecule has 7 heteroatoms. The summed E-state index contributed by atoms with van der Waals surface area (Å²) in [4.78, 5) is 16.7. The molecule has 1 aromatic carbocycles. The number of furan rings is 1. The molecule has 0 spiro atoms. The van der Waals surface area contributed by atoms with Crippen LogP contribution in [0.5, 0.6) is 5.75 Å². The van der Waals surface area contributed by atoms with Gasteiger partial charge in [0.2, 0.25) is 0 Å². The summed E-state index contributed by atoms with van der Waals surface area (Å²) in [5.41, 5.74) is 0.650. The summed E-state index contributed by atoms with van der Waals surface area (Å²) in [6.07, 6.45) is 2.27. The number of methoxy groups -OCH3 is 1. The van der Waals surface area contributed by atoms with Crippen LogP contribution < -0.4 is 10.1 Å². The molecule has 1 aliphatic rings. The highest BCUT2D eigenvalue weighted by atomic mass is 16.5. The number of nitrogens with zero attached hydrogens (tertiary/aromatic N) is 2. The van der Waals surface area contributed by atoms with Gasteiger partial charge >= 0.3 is 6.03 Å². The Bertz CT molecular complexity index is 705. The average molecular weight is 359 g/mol. The van der Waals surface area contributed by atoms with E-state index in [1.165, 1.54) is 0 Å². The third-order valence-electron chi connectivity index (χ3n) is 4.64. The predicted octanol–water partition coefficient (Wildman–Crippen LogP) is 2.39. The summed E-state index contributed by atoms with van der Waals surface area (Å²) in [7, 11) is 1.58. The van der Waals surface area contributed by atoms with Crippen LogP contribution in [0.2, 0.25) is 0 Å². The molecule has 1 fully saturated rings. The maximum absolute atomic E-state index is 12.7. The van der Waals surface area contributed by atoms with Crippen molar-refractivity contribution in [3.63, 3.8) is 0 Å². The van der Waals surface area contributed by atoms with Crippen LogP contribution in [0.25, 0.3) is 0 Å². The zero-order chi connectivity index (χ0) is 18.4. The highest BCUT2D eigenvalue weighted by Crippen LogP contribution is 2.24. The molecule has 0 radical (unpaired) electrons. The number of aliphatic hydroxyl groups is 1. The summed E-state index contributed by atoms with van der Waals surface area (Å²) in [6.45, 7) is 2.66. The maximum Gasteiger partial charge on any atom is 0.322 e. The number of carbonyl (C=O) groups excluding carboxylic acids is 1. The third-order valence-corrected chi connectivity index (χ3v) is 4.64. The average Bonchev–Trinajstić information content (AvgIpc) is 3.17. The number of rotatable bonds is 6. The van der Waals surface area contributed by atoms with E-state index in [2.05, 4.69) is 10.2 Å². The molecule has 2 N–H and O–H groups in total. The van der Waals surface area contributed by atoms with E-state index in [0.29, 0.717) is 37.5 Å². The van der Waals surface area contributed by atoms with E-state index in [1.54, 1.807) is 18.3 Å². The molecule has 0 saturated carbocycles. The molecular weight excluding hydrogens is 334 g/mol. The standard InChI is InChI=1S/C19H25N3O4/c1-25-18-7-3-2-6-17(18)20-19(24)22-10-9-21(15(13-22)8-11-23)14-16-5-4-12-26-16/h2-7,12,15,23H,8-11,13-14H2,1H3,(H,20,24)/t15-/m1/s1. The Morgan fingerprint density at radius 3 is 2.88 bits per heavy atom. The minimum absolute atomic E-state index is 0.0846. The van der Waals surface area contributed by atoms with Gasteiger partial charge in [-0.05, 0) is 30.7 Å². The van der Waals surface area contributed by atoms with Crippen molar-refractivity contribution < 1.29 is 19.1 Å². The molecule has 1 aromatic heterocycles. The first-order chi connectivity index (χ1) is 12.7. The monoisotopic (exact) mass is 359 g/mol. The number of aliphatic hydroxyl groups excluding tert-OH is 1. The zero-order valence-corrected chi connectivity index (χ0v) is 14.9. The van der Waals surface area contributed by atoms with Gasteiger partial charge in [0, 0.05) is 32.3 Å². The van der Waals surface area contributed by atoms with Crippen molar-refractivity contribution in [2.75, 3.05) is 38.7 Å². The van der Waals surface area contributed by atoms with E-state index in [9.17, 15) is 9.90 Å². The number of benzene rings is 1. The van der Waals surface area contributed by atoms with Gasteiger partial charge in [-0.15, -0.1) is 0 Å². The molecule has 1 saturated heterocycles. The Labute approximate surface area is 153 Å². The molecule has 0 aliphatic carbocycles. The fourth-order valence-electron chi connectivity index (χ4n) is 3.25. The van der Waals surface area contributed by atoms with Crippen LogP contribution in [0, 0.1) is 0 Å². The fourth-order valence-corrected chi connectivity index (χ4v) is 3.25. The van der Waals surface area contributed by atoms with Crippen LogP contribution in [0.3, 0.4) is 0 Å². The lowest BCUT2D eigenvalue weighted by Gasteiger charge is -2.41. The van der Waals surface area contributed by atoms with E-state index < -0.39 is 0 Å². The first-order valence-corrected chi connectivity index (χ1v) is 8.77. The number of hydrogen-bond acceptors (Lipinski definition) is 5. The van der Waals surface area contributed by atoms with Crippen LogP contribution in [0.15, 0.2) is 47.1 Å². The van der Waals surface area contributed by atoms with Crippen molar-refractivity contribution in [2.24, 2.45) is 0 Å². The molecule has 26 heavy (non-hydrogen) atoms. The summed E-state index contributed by atoms with van der Waals surface area (Å²) in [5.74, 6) is 1.52. The number of piperazine rings is 1. The molecule has 7 nitrogen and oxygen atoms in total. The highest BCUT2D eigenvalue weighted by Gasteiger charge is 2.30. The maximum atomic E-state index is 12.7. The minimum Gasteiger partial charge on any atom is -0.495 e. The summed E-state index contributed by atoms with van der Waals surface area (Å²) in [5, 5.41) is 12.3. The van der Waals surface area contributed by atoms with E-state index in [4.69, 9.17) is 9.15 Å². The molecule has 0 bridgehead atoms. The van der Waals surface area contributed by atoms with Crippen molar-refractivity contribution in [1.29, 1.82) is 0 Å². The van der Waals surface area contributed by atoms with Gasteiger partial charge in [-0.25, -0.2) is 4.79 Å². The van der Waals surface area contributed by atoms with Crippen LogP contribution in [-0.4, -0.2) is 60.3 Å². The van der Waals surface area contributed by atoms with Crippen LogP contribution >= 0.6 is 0 Å². The smallest absolute Gasteiger partial charge is 0.322 e. The Hall–Kier alpha value is -2.51. The van der Waals surface area contributed by atoms with Crippen molar-refractivity contribution in [3.05, 3.63) is 48.4 Å². The van der Waals surface area contributed by atoms with Gasteiger partial charge < -0.3 is 24.5 Å². The van der Waals surface area contributed by atoms with Gasteiger partial charge in [0.1, 0.15) is 11.5 Å². The number of carbonyl (C=O) groups is 1. The number of para-hydroxylation sites is 2. The van der Waals surface area contributed by atoms with Crippen molar-refractivity contribution in [1.82, 2.24) is 9.80 Å². The SMILES string of the molecule is COc1ccccc1NC(=O)N1CCN(Cc2ccco2)[C@H](CCO)C1. The number of amides is 2. The van der Waals surface area contributed by atoms with Crippen molar-refractivity contribution in [2.45, 2.75) is 19.0 Å². The Morgan fingerprint density at radius 2 is 2.15 bits per heavy atom. The second kappa shape index (κ2) is 8.73. The largest absolute Gasteiger partial charge is 0.495 e. The number of ether oxygens (including phenoxy) is 1. The lowest BCUT2D eigenvalue weighted by molar-refractivity contribution is 0.0669. The first-order valence-electron chi connectivity index (χ1n) is 8.77. The van der Waals surface area contributed by atoms with Crippen LogP contribution in [-0.2, 0) is 6.54 Å². The van der Waals surface area contributed by atoms with E-state index >= 15 is 0 Å². The van der Waals surface area contributed by atoms with E-state index in [-0.39, 0.29) is 18.7 Å². The summed E-state index contributed by atoms with van der Waals surface area (Å²) >= 11 is 0. The second-order valence-corrected chi connectivity index (χ2v) is 6.29. The van der Waals surface area contributed by atoms with Crippen LogP contribution in [0.4, 0.5) is 10.5 Å². The van der Waals surface area contributed by atoms with Gasteiger partial charge in [0.05, 0.1) is 25.6 Å². The molecule has 0 unspecified atom stereocenters. The van der Waals surface area contributed by atoms with Crippen molar-refractivity contribution >= 4 is 11.7 Å². The van der Waals surface area contributed by atoms with Gasteiger partial charge in [0.25, 0.3) is 0 Å². The number of hydrogen-bond donors (Lipinski definition) is 2. The van der Waals surface area contributed by atoms with Gasteiger partial charge in [-0.2, -0.15) is 0 Å². The first kappa shape index (κ1) is 18.3. The number of urea groups is 1. The highest BCUT2D eigenvalue weighted by molar-refractivity contribution is 5.91. The molecule has 3 rings (SSSR count). The predicted molar refractivity (Wildman–Crippen MR) is 98.2 cm³/mol. The number of nitrogens with one attached hydrogen (secondary N) is 1. The van der Waals surface area contributed by atoms with Gasteiger partial charge in [-0.1, -0.05) is 12.1 Å². The van der Waals surface area contributed by atoms with E-state index in [0.717, 1.165) is 12.3 Å². The molecule has 1 atom stereocenters. The molecular formula is C19H25N3O4. The normalized spacial score (nSPS) is 17.9. The minimum atomic E-state index is -0.157. The fraction of sp³-hybridized carbons (Fsp3) is 0.421. The number of anilines is 1. The Kier molecular flexibility index (Phi) is 6.14. The topological polar surface area (TPSA) is 78.2 Å². The summed E-state index contributed by atoms with van der Waals surface area (Å²) in [6, 6.07) is 11.1. The lowest BCUT2D eigenvalue weighted by atomic mass is 10.1. The quantitative estimate of drug-likeness (QED) is 0.828.